The molecular weight excluding hydrogens is 414 g/mol. The molecule has 33 heavy (non-hydrogen) atoms. The molecule has 0 aliphatic carbocycles. The molecule has 0 saturated heterocycles. The molecule has 3 aromatic rings. The molecule has 6 nitrogen and oxygen atoms in total. The third-order valence-electron chi connectivity index (χ3n) is 5.12. The van der Waals surface area contributed by atoms with Crippen molar-refractivity contribution < 1.29 is 14.3 Å². The van der Waals surface area contributed by atoms with Crippen molar-refractivity contribution in [3.63, 3.8) is 0 Å². The Balaban J connectivity index is 1.46. The van der Waals surface area contributed by atoms with Crippen molar-refractivity contribution in [2.45, 2.75) is 78.4 Å². The van der Waals surface area contributed by atoms with E-state index in [-0.39, 0.29) is 5.97 Å². The van der Waals surface area contributed by atoms with Crippen LogP contribution in [0.4, 0.5) is 0 Å². The number of esters is 1. The maximum absolute atomic E-state index is 12.4. The molecule has 0 atom stereocenters. The second-order valence-electron chi connectivity index (χ2n) is 9.97. The first-order valence-electron chi connectivity index (χ1n) is 11.5. The minimum absolute atomic E-state index is 0.382. The smallest absolute Gasteiger partial charge is 0.350 e. The Labute approximate surface area is 196 Å². The minimum atomic E-state index is -1.06. The molecule has 176 valence electrons. The lowest BCUT2D eigenvalue weighted by molar-refractivity contribution is -0.170. The number of nitrogens with zero attached hydrogens (tertiary/aromatic N) is 2. The van der Waals surface area contributed by atoms with Crippen LogP contribution in [0.2, 0.25) is 0 Å². The molecule has 0 fully saturated rings. The van der Waals surface area contributed by atoms with Crippen LogP contribution in [0.15, 0.2) is 48.5 Å². The van der Waals surface area contributed by atoms with E-state index in [0.717, 1.165) is 37.3 Å². The summed E-state index contributed by atoms with van der Waals surface area (Å²) in [6.45, 7) is 11.1. The number of ether oxygens (including phenoxy) is 2. The van der Waals surface area contributed by atoms with Crippen LogP contribution >= 0.6 is 0 Å². The number of aromatic amines is 1. The maximum Gasteiger partial charge on any atom is 0.350 e. The first kappa shape index (κ1) is 24.5. The molecular formula is C27H35N3O3. The summed E-state index contributed by atoms with van der Waals surface area (Å²) in [7, 11) is 0. The summed E-state index contributed by atoms with van der Waals surface area (Å²) in [5.41, 5.74) is 2.07. The van der Waals surface area contributed by atoms with Crippen molar-refractivity contribution in [3.8, 4) is 5.75 Å². The van der Waals surface area contributed by atoms with Crippen LogP contribution in [0.5, 0.6) is 5.75 Å². The molecule has 0 saturated carbocycles. The summed E-state index contributed by atoms with van der Waals surface area (Å²) in [6, 6.07) is 16.3. The molecule has 0 aliphatic rings. The van der Waals surface area contributed by atoms with Crippen LogP contribution in [0.25, 0.3) is 0 Å². The molecule has 0 spiro atoms. The summed E-state index contributed by atoms with van der Waals surface area (Å²) >= 11 is 0. The second-order valence-corrected chi connectivity index (χ2v) is 9.97. The van der Waals surface area contributed by atoms with Gasteiger partial charge < -0.3 is 9.47 Å². The Hall–Kier alpha value is -3.15. The average Bonchev–Trinajstić information content (AvgIpc) is 3.17. The van der Waals surface area contributed by atoms with E-state index in [1.807, 2.05) is 45.0 Å². The largest absolute Gasteiger partial charge is 0.476 e. The number of aromatic nitrogens is 3. The average molecular weight is 450 g/mol. The number of benzene rings is 2. The summed E-state index contributed by atoms with van der Waals surface area (Å²) in [4.78, 5) is 17.0. The van der Waals surface area contributed by atoms with Gasteiger partial charge in [0.2, 0.25) is 0 Å². The van der Waals surface area contributed by atoms with E-state index >= 15 is 0 Å². The number of carbonyl (C=O) groups excluding carboxylic acids is 1. The summed E-state index contributed by atoms with van der Waals surface area (Å²) in [6.07, 6.45) is 3.44. The van der Waals surface area contributed by atoms with Crippen LogP contribution in [-0.4, -0.2) is 32.4 Å². The van der Waals surface area contributed by atoms with Crippen molar-refractivity contribution in [1.82, 2.24) is 15.2 Å². The highest BCUT2D eigenvalue weighted by Crippen LogP contribution is 2.23. The van der Waals surface area contributed by atoms with E-state index in [1.54, 1.807) is 13.8 Å². The van der Waals surface area contributed by atoms with Crippen molar-refractivity contribution in [3.05, 3.63) is 76.9 Å². The van der Waals surface area contributed by atoms with Gasteiger partial charge in [0.15, 0.2) is 11.4 Å². The van der Waals surface area contributed by atoms with Gasteiger partial charge >= 0.3 is 5.97 Å². The topological polar surface area (TPSA) is 77.1 Å². The quantitative estimate of drug-likeness (QED) is 0.444. The molecule has 1 N–H and O–H groups in total. The number of aryl methyl sites for hydroxylation is 3. The van der Waals surface area contributed by atoms with Gasteiger partial charge in [-0.1, -0.05) is 42.0 Å². The zero-order chi connectivity index (χ0) is 24.1. The van der Waals surface area contributed by atoms with Crippen LogP contribution < -0.4 is 4.74 Å². The Kier molecular flexibility index (Phi) is 7.57. The lowest BCUT2D eigenvalue weighted by Crippen LogP contribution is -2.43. The Morgan fingerprint density at radius 3 is 2.18 bits per heavy atom. The van der Waals surface area contributed by atoms with Gasteiger partial charge in [0, 0.05) is 12.8 Å². The highest BCUT2D eigenvalue weighted by atomic mass is 16.6. The van der Waals surface area contributed by atoms with Gasteiger partial charge in [0.1, 0.15) is 17.2 Å². The second kappa shape index (κ2) is 10.2. The Morgan fingerprint density at radius 1 is 0.909 bits per heavy atom. The van der Waals surface area contributed by atoms with Crippen molar-refractivity contribution in [1.29, 1.82) is 0 Å². The first-order chi connectivity index (χ1) is 15.5. The molecule has 0 aliphatic heterocycles. The Morgan fingerprint density at radius 2 is 1.55 bits per heavy atom. The zero-order valence-corrected chi connectivity index (χ0v) is 20.6. The fraction of sp³-hybridized carbons (Fsp3) is 0.444. The van der Waals surface area contributed by atoms with Gasteiger partial charge in [-0.05, 0) is 77.6 Å². The van der Waals surface area contributed by atoms with Gasteiger partial charge in [-0.25, -0.2) is 9.78 Å². The number of H-pyrrole nitrogens is 1. The number of hydrogen-bond donors (Lipinski definition) is 1. The number of nitrogens with one attached hydrogen (secondary N) is 1. The fourth-order valence-electron chi connectivity index (χ4n) is 3.34. The zero-order valence-electron chi connectivity index (χ0n) is 20.6. The number of rotatable bonds is 9. The van der Waals surface area contributed by atoms with Crippen LogP contribution in [0, 0.1) is 6.92 Å². The standard InChI is InChI=1S/C27H35N3O3/c1-19-10-12-21(13-11-19)18-24-28-23(29-30-24)9-7-8-20-14-16-22(17-15-20)32-27(5,6)25(31)33-26(2,3)4/h10-17H,7-9,18H2,1-6H3,(H,28,29,30). The molecule has 0 amide bonds. The highest BCUT2D eigenvalue weighted by molar-refractivity contribution is 5.79. The molecule has 2 aromatic carbocycles. The predicted molar refractivity (Wildman–Crippen MR) is 129 cm³/mol. The molecule has 0 bridgehead atoms. The maximum atomic E-state index is 12.4. The molecule has 1 aromatic heterocycles. The fourth-order valence-corrected chi connectivity index (χ4v) is 3.34. The molecule has 0 unspecified atom stereocenters. The van der Waals surface area contributed by atoms with E-state index in [2.05, 4.69) is 46.4 Å². The van der Waals surface area contributed by atoms with E-state index < -0.39 is 11.2 Å². The third kappa shape index (κ3) is 7.74. The summed E-state index contributed by atoms with van der Waals surface area (Å²) < 4.78 is 11.4. The third-order valence-corrected chi connectivity index (χ3v) is 5.12. The van der Waals surface area contributed by atoms with Gasteiger partial charge in [0.25, 0.3) is 0 Å². The molecule has 6 heteroatoms. The monoisotopic (exact) mass is 449 g/mol. The SMILES string of the molecule is Cc1ccc(Cc2nc(CCCc3ccc(OC(C)(C)C(=O)OC(C)(C)C)cc3)n[nH]2)cc1. The van der Waals surface area contributed by atoms with E-state index in [1.165, 1.54) is 16.7 Å². The van der Waals surface area contributed by atoms with Crippen molar-refractivity contribution in [2.24, 2.45) is 0 Å². The molecule has 0 radical (unpaired) electrons. The molecule has 3 rings (SSSR count). The van der Waals surface area contributed by atoms with Crippen molar-refractivity contribution in [2.75, 3.05) is 0 Å². The summed E-state index contributed by atoms with van der Waals surface area (Å²) in [5, 5.41) is 7.41. The van der Waals surface area contributed by atoms with Gasteiger partial charge in [0.05, 0.1) is 0 Å². The van der Waals surface area contributed by atoms with Gasteiger partial charge in [-0.3, -0.25) is 5.10 Å². The number of hydrogen-bond acceptors (Lipinski definition) is 5. The van der Waals surface area contributed by atoms with Crippen LogP contribution in [-0.2, 0) is 28.8 Å². The minimum Gasteiger partial charge on any atom is -0.476 e. The van der Waals surface area contributed by atoms with Crippen LogP contribution in [0.1, 0.15) is 69.4 Å². The molecule has 1 heterocycles. The van der Waals surface area contributed by atoms with E-state index in [4.69, 9.17) is 9.47 Å². The first-order valence-corrected chi connectivity index (χ1v) is 11.5. The van der Waals surface area contributed by atoms with Crippen molar-refractivity contribution >= 4 is 5.97 Å². The van der Waals surface area contributed by atoms with E-state index in [0.29, 0.717) is 5.75 Å². The van der Waals surface area contributed by atoms with Gasteiger partial charge in [-0.2, -0.15) is 5.10 Å². The predicted octanol–water partition coefficient (Wildman–Crippen LogP) is 5.38. The normalized spacial score (nSPS) is 11.9. The lowest BCUT2D eigenvalue weighted by atomic mass is 10.1. The Bertz CT molecular complexity index is 1050. The lowest BCUT2D eigenvalue weighted by Gasteiger charge is -2.29. The van der Waals surface area contributed by atoms with Crippen LogP contribution in [0.3, 0.4) is 0 Å². The van der Waals surface area contributed by atoms with E-state index in [9.17, 15) is 4.79 Å². The number of carbonyl (C=O) groups is 1. The van der Waals surface area contributed by atoms with Gasteiger partial charge in [-0.15, -0.1) is 0 Å². The highest BCUT2D eigenvalue weighted by Gasteiger charge is 2.34. The summed E-state index contributed by atoms with van der Waals surface area (Å²) in [5.74, 6) is 2.00.